The molecular formula is C10H14Cl2N2O2S2. The molecule has 2 heterocycles. The molecule has 102 valence electrons. The van der Waals surface area contributed by atoms with Gasteiger partial charge in [-0.2, -0.15) is 0 Å². The number of hydrogen-bond acceptors (Lipinski definition) is 4. The second kappa shape index (κ2) is 6.07. The van der Waals surface area contributed by atoms with Crippen molar-refractivity contribution in [1.82, 2.24) is 10.0 Å². The first-order valence-electron chi connectivity index (χ1n) is 5.67. The lowest BCUT2D eigenvalue weighted by atomic mass is 10.1. The van der Waals surface area contributed by atoms with E-state index in [1.165, 1.54) is 6.07 Å². The molecule has 0 bridgehead atoms. The molecule has 0 spiro atoms. The lowest BCUT2D eigenvalue weighted by Crippen LogP contribution is -2.43. The Morgan fingerprint density at radius 3 is 2.78 bits per heavy atom. The van der Waals surface area contributed by atoms with Crippen molar-refractivity contribution in [3.63, 3.8) is 0 Å². The molecule has 2 rings (SSSR count). The van der Waals surface area contributed by atoms with Gasteiger partial charge >= 0.3 is 0 Å². The predicted molar refractivity (Wildman–Crippen MR) is 75.2 cm³/mol. The maximum Gasteiger partial charge on any atom is 0.243 e. The van der Waals surface area contributed by atoms with Crippen LogP contribution in [0, 0.1) is 0 Å². The van der Waals surface area contributed by atoms with Gasteiger partial charge in [-0.1, -0.05) is 29.6 Å². The Bertz CT molecular complexity index is 510. The molecule has 1 aliphatic rings. The fourth-order valence-electron chi connectivity index (χ4n) is 1.89. The molecule has 1 atom stereocenters. The van der Waals surface area contributed by atoms with E-state index >= 15 is 0 Å². The molecule has 1 aliphatic heterocycles. The van der Waals surface area contributed by atoms with Crippen molar-refractivity contribution in [3.05, 3.63) is 14.7 Å². The number of hydrogen-bond donors (Lipinski definition) is 2. The van der Waals surface area contributed by atoms with E-state index in [2.05, 4.69) is 10.0 Å². The summed E-state index contributed by atoms with van der Waals surface area (Å²) in [6.07, 6.45) is 3.26. The number of piperidine rings is 1. The zero-order valence-corrected chi connectivity index (χ0v) is 12.7. The number of rotatable bonds is 4. The van der Waals surface area contributed by atoms with Crippen molar-refractivity contribution in [3.8, 4) is 0 Å². The van der Waals surface area contributed by atoms with Crippen molar-refractivity contribution in [2.45, 2.75) is 30.2 Å². The fraction of sp³-hybridized carbons (Fsp3) is 0.600. The quantitative estimate of drug-likeness (QED) is 0.892. The minimum Gasteiger partial charge on any atom is -0.313 e. The van der Waals surface area contributed by atoms with Gasteiger partial charge in [0.2, 0.25) is 10.0 Å². The van der Waals surface area contributed by atoms with E-state index in [4.69, 9.17) is 23.2 Å². The van der Waals surface area contributed by atoms with Gasteiger partial charge in [0, 0.05) is 12.6 Å². The predicted octanol–water partition coefficient (Wildman–Crippen LogP) is 2.48. The Labute approximate surface area is 121 Å². The van der Waals surface area contributed by atoms with Crippen LogP contribution in [-0.2, 0) is 10.0 Å². The summed E-state index contributed by atoms with van der Waals surface area (Å²) < 4.78 is 27.2. The molecule has 0 aliphatic carbocycles. The van der Waals surface area contributed by atoms with Crippen LogP contribution in [0.5, 0.6) is 0 Å². The highest BCUT2D eigenvalue weighted by molar-refractivity contribution is 7.89. The standard InChI is InChI=1S/C10H14Cl2N2O2S2/c11-9-5-8(10(12)17-9)18(15,16)14-6-7-3-1-2-4-13-7/h5,7,13-14H,1-4,6H2. The molecule has 18 heavy (non-hydrogen) atoms. The number of sulfonamides is 1. The fourth-order valence-corrected chi connectivity index (χ4v) is 5.12. The van der Waals surface area contributed by atoms with Crippen LogP contribution in [0.15, 0.2) is 11.0 Å². The van der Waals surface area contributed by atoms with Crippen LogP contribution >= 0.6 is 34.5 Å². The van der Waals surface area contributed by atoms with Crippen molar-refractivity contribution < 1.29 is 8.42 Å². The van der Waals surface area contributed by atoms with Crippen LogP contribution in [-0.4, -0.2) is 27.5 Å². The molecule has 1 unspecified atom stereocenters. The molecule has 1 fully saturated rings. The molecule has 1 aromatic heterocycles. The summed E-state index contributed by atoms with van der Waals surface area (Å²) in [7, 11) is -3.57. The van der Waals surface area contributed by atoms with E-state index in [-0.39, 0.29) is 15.3 Å². The average molecular weight is 329 g/mol. The van der Waals surface area contributed by atoms with E-state index in [1.807, 2.05) is 0 Å². The van der Waals surface area contributed by atoms with Crippen LogP contribution in [0.1, 0.15) is 19.3 Å². The van der Waals surface area contributed by atoms with Gasteiger partial charge in [0.1, 0.15) is 9.23 Å². The van der Waals surface area contributed by atoms with Gasteiger partial charge in [-0.05, 0) is 25.5 Å². The third kappa shape index (κ3) is 3.59. The van der Waals surface area contributed by atoms with Crippen molar-refractivity contribution in [1.29, 1.82) is 0 Å². The van der Waals surface area contributed by atoms with Gasteiger partial charge in [-0.25, -0.2) is 13.1 Å². The maximum atomic E-state index is 12.0. The van der Waals surface area contributed by atoms with E-state index in [9.17, 15) is 8.42 Å². The molecule has 1 aromatic rings. The normalized spacial score (nSPS) is 21.1. The van der Waals surface area contributed by atoms with Crippen LogP contribution in [0.3, 0.4) is 0 Å². The highest BCUT2D eigenvalue weighted by atomic mass is 35.5. The monoisotopic (exact) mass is 328 g/mol. The summed E-state index contributed by atoms with van der Waals surface area (Å²) in [5, 5.41) is 3.28. The largest absolute Gasteiger partial charge is 0.313 e. The summed E-state index contributed by atoms with van der Waals surface area (Å²) in [5.41, 5.74) is 0. The Balaban J connectivity index is 2.01. The zero-order chi connectivity index (χ0) is 13.2. The Morgan fingerprint density at radius 1 is 1.44 bits per heavy atom. The molecular weight excluding hydrogens is 315 g/mol. The Hall–Kier alpha value is 0.150. The van der Waals surface area contributed by atoms with Crippen molar-refractivity contribution >= 4 is 44.6 Å². The van der Waals surface area contributed by atoms with Crippen LogP contribution in [0.4, 0.5) is 0 Å². The molecule has 0 aromatic carbocycles. The topological polar surface area (TPSA) is 58.2 Å². The van der Waals surface area contributed by atoms with Gasteiger partial charge in [0.15, 0.2) is 0 Å². The molecule has 0 saturated carbocycles. The highest BCUT2D eigenvalue weighted by Gasteiger charge is 2.22. The zero-order valence-electron chi connectivity index (χ0n) is 9.58. The number of halogens is 2. The van der Waals surface area contributed by atoms with Crippen molar-refractivity contribution in [2.75, 3.05) is 13.1 Å². The summed E-state index contributed by atoms with van der Waals surface area (Å²) >= 11 is 12.7. The Morgan fingerprint density at radius 2 is 2.22 bits per heavy atom. The van der Waals surface area contributed by atoms with Gasteiger partial charge in [-0.15, -0.1) is 11.3 Å². The molecule has 4 nitrogen and oxygen atoms in total. The smallest absolute Gasteiger partial charge is 0.243 e. The van der Waals surface area contributed by atoms with Gasteiger partial charge in [0.25, 0.3) is 0 Å². The first-order valence-corrected chi connectivity index (χ1v) is 8.72. The van der Waals surface area contributed by atoms with E-state index in [1.54, 1.807) is 0 Å². The lowest BCUT2D eigenvalue weighted by Gasteiger charge is -2.23. The number of nitrogens with one attached hydrogen (secondary N) is 2. The lowest BCUT2D eigenvalue weighted by molar-refractivity contribution is 0.398. The second-order valence-corrected chi connectivity index (χ2v) is 8.21. The summed E-state index contributed by atoms with van der Waals surface area (Å²) in [6, 6.07) is 1.58. The first kappa shape index (κ1) is 14.6. The first-order chi connectivity index (χ1) is 8.49. The molecule has 0 radical (unpaired) electrons. The molecule has 0 amide bonds. The van der Waals surface area contributed by atoms with Gasteiger partial charge < -0.3 is 5.32 Å². The second-order valence-electron chi connectivity index (χ2n) is 4.19. The minimum atomic E-state index is -3.57. The van der Waals surface area contributed by atoms with Gasteiger partial charge in [0.05, 0.1) is 4.34 Å². The van der Waals surface area contributed by atoms with Crippen LogP contribution in [0.2, 0.25) is 8.67 Å². The average Bonchev–Trinajstić information content (AvgIpc) is 2.68. The third-order valence-electron chi connectivity index (χ3n) is 2.85. The minimum absolute atomic E-state index is 0.0648. The van der Waals surface area contributed by atoms with Crippen LogP contribution in [0.25, 0.3) is 0 Å². The molecule has 8 heteroatoms. The van der Waals surface area contributed by atoms with E-state index in [0.717, 1.165) is 37.1 Å². The van der Waals surface area contributed by atoms with Crippen LogP contribution < -0.4 is 10.0 Å². The third-order valence-corrected chi connectivity index (χ3v) is 6.02. The maximum absolute atomic E-state index is 12.0. The summed E-state index contributed by atoms with van der Waals surface area (Å²) in [5.74, 6) is 0. The highest BCUT2D eigenvalue weighted by Crippen LogP contribution is 2.34. The summed E-state index contributed by atoms with van der Waals surface area (Å²) in [6.45, 7) is 1.32. The molecule has 1 saturated heterocycles. The molecule has 2 N–H and O–H groups in total. The SMILES string of the molecule is O=S(=O)(NCC1CCCCN1)c1cc(Cl)sc1Cl. The summed E-state index contributed by atoms with van der Waals surface area (Å²) in [4.78, 5) is 0.0648. The van der Waals surface area contributed by atoms with Gasteiger partial charge in [-0.3, -0.25) is 0 Å². The number of thiophene rings is 1. The van der Waals surface area contributed by atoms with Crippen molar-refractivity contribution in [2.24, 2.45) is 0 Å². The van der Waals surface area contributed by atoms with E-state index < -0.39 is 10.0 Å². The van der Waals surface area contributed by atoms with E-state index in [0.29, 0.717) is 10.9 Å². The Kier molecular flexibility index (Phi) is 4.91.